The number of aliphatic hydroxyl groups excluding tert-OH is 2. The van der Waals surface area contributed by atoms with E-state index in [0.717, 1.165) is 22.7 Å². The van der Waals surface area contributed by atoms with Crippen LogP contribution in [0.2, 0.25) is 0 Å². The highest BCUT2D eigenvalue weighted by Crippen LogP contribution is 2.40. The SMILES string of the molecule is CN(C)c1ccccc1C(CC=C(O)COCC(O)=CCC(c1ccccc1N(C)C)c1ccccc1N(C)C)c1ccccc1N(C)C. The molecule has 0 heterocycles. The first-order chi connectivity index (χ1) is 23.5. The van der Waals surface area contributed by atoms with Gasteiger partial charge in [-0.05, 0) is 71.5 Å². The number of ether oxygens (including phenoxy) is 1. The summed E-state index contributed by atoms with van der Waals surface area (Å²) in [5.41, 5.74) is 9.31. The molecule has 0 amide bonds. The van der Waals surface area contributed by atoms with Crippen LogP contribution in [0.5, 0.6) is 0 Å². The molecule has 0 aromatic heterocycles. The van der Waals surface area contributed by atoms with Gasteiger partial charge in [0.2, 0.25) is 0 Å². The minimum Gasteiger partial charge on any atom is -0.510 e. The van der Waals surface area contributed by atoms with Crippen LogP contribution in [0.3, 0.4) is 0 Å². The maximum atomic E-state index is 10.9. The van der Waals surface area contributed by atoms with E-state index in [1.165, 1.54) is 22.3 Å². The molecule has 0 radical (unpaired) electrons. The molecule has 0 saturated carbocycles. The monoisotopic (exact) mass is 662 g/mol. The molecule has 0 unspecified atom stereocenters. The van der Waals surface area contributed by atoms with Gasteiger partial charge in [0.1, 0.15) is 24.7 Å². The molecule has 0 aliphatic rings. The second-order valence-corrected chi connectivity index (χ2v) is 13.3. The Morgan fingerprint density at radius 1 is 0.469 bits per heavy atom. The van der Waals surface area contributed by atoms with Crippen LogP contribution in [0.4, 0.5) is 22.7 Å². The van der Waals surface area contributed by atoms with E-state index in [0.29, 0.717) is 12.8 Å². The van der Waals surface area contributed by atoms with Crippen LogP contribution >= 0.6 is 0 Å². The fourth-order valence-corrected chi connectivity index (χ4v) is 6.49. The third kappa shape index (κ3) is 9.61. The number of rotatable bonds is 16. The smallest absolute Gasteiger partial charge is 0.114 e. The highest BCUT2D eigenvalue weighted by Gasteiger charge is 2.23. The van der Waals surface area contributed by atoms with Gasteiger partial charge >= 0.3 is 0 Å². The third-order valence-electron chi connectivity index (χ3n) is 8.85. The number of hydrogen-bond donors (Lipinski definition) is 2. The number of para-hydroxylation sites is 4. The summed E-state index contributed by atoms with van der Waals surface area (Å²) in [6.45, 7) is 0.0112. The summed E-state index contributed by atoms with van der Waals surface area (Å²) in [5, 5.41) is 21.9. The molecular weight excluding hydrogens is 608 g/mol. The maximum absolute atomic E-state index is 10.9. The van der Waals surface area contributed by atoms with E-state index in [2.05, 4.69) is 173 Å². The van der Waals surface area contributed by atoms with Crippen LogP contribution in [0.15, 0.2) is 121 Å². The molecule has 7 heteroatoms. The van der Waals surface area contributed by atoms with Crippen LogP contribution in [0.1, 0.15) is 46.9 Å². The summed E-state index contributed by atoms with van der Waals surface area (Å²) in [6.07, 6.45) is 4.86. The van der Waals surface area contributed by atoms with E-state index in [1.807, 2.05) is 12.2 Å². The zero-order valence-corrected chi connectivity index (χ0v) is 30.5. The molecule has 4 aromatic carbocycles. The van der Waals surface area contributed by atoms with Crippen molar-refractivity contribution in [3.8, 4) is 0 Å². The third-order valence-corrected chi connectivity index (χ3v) is 8.85. The van der Waals surface area contributed by atoms with Gasteiger partial charge in [-0.15, -0.1) is 0 Å². The quantitative estimate of drug-likeness (QED) is 0.117. The Morgan fingerprint density at radius 3 is 0.959 bits per heavy atom. The first-order valence-electron chi connectivity index (χ1n) is 16.9. The summed E-state index contributed by atoms with van der Waals surface area (Å²) in [5.74, 6) is 0.305. The van der Waals surface area contributed by atoms with Gasteiger partial charge in [-0.1, -0.05) is 72.8 Å². The van der Waals surface area contributed by atoms with Crippen LogP contribution in [-0.4, -0.2) is 79.8 Å². The van der Waals surface area contributed by atoms with Gasteiger partial charge < -0.3 is 34.5 Å². The normalized spacial score (nSPS) is 12.0. The van der Waals surface area contributed by atoms with Crippen LogP contribution in [0, 0.1) is 0 Å². The molecule has 0 bridgehead atoms. The van der Waals surface area contributed by atoms with E-state index in [4.69, 9.17) is 4.74 Å². The summed E-state index contributed by atoms with van der Waals surface area (Å²) in [6, 6.07) is 33.7. The lowest BCUT2D eigenvalue weighted by molar-refractivity contribution is 0.121. The lowest BCUT2D eigenvalue weighted by Gasteiger charge is -2.27. The Morgan fingerprint density at radius 2 is 0.714 bits per heavy atom. The highest BCUT2D eigenvalue weighted by atomic mass is 16.5. The first kappa shape index (κ1) is 36.9. The molecule has 0 saturated heterocycles. The molecule has 2 N–H and O–H groups in total. The number of allylic oxidation sites excluding steroid dienone is 2. The van der Waals surface area contributed by atoms with Crippen molar-refractivity contribution in [2.45, 2.75) is 24.7 Å². The summed E-state index contributed by atoms with van der Waals surface area (Å²) in [7, 11) is 16.4. The first-order valence-corrected chi connectivity index (χ1v) is 16.9. The topological polar surface area (TPSA) is 62.7 Å². The van der Waals surface area contributed by atoms with Gasteiger partial charge in [-0.3, -0.25) is 0 Å². The van der Waals surface area contributed by atoms with E-state index in [9.17, 15) is 10.2 Å². The van der Waals surface area contributed by atoms with Crippen molar-refractivity contribution in [2.75, 3.05) is 89.2 Å². The van der Waals surface area contributed by atoms with Gasteiger partial charge in [0.25, 0.3) is 0 Å². The van der Waals surface area contributed by atoms with Gasteiger partial charge in [0, 0.05) is 91.0 Å². The lowest BCUT2D eigenvalue weighted by atomic mass is 9.85. The molecule has 4 rings (SSSR count). The van der Waals surface area contributed by atoms with Crippen molar-refractivity contribution in [1.82, 2.24) is 0 Å². The Kier molecular flexibility index (Phi) is 13.2. The molecule has 0 aliphatic heterocycles. The van der Waals surface area contributed by atoms with E-state index in [-0.39, 0.29) is 36.6 Å². The molecule has 0 fully saturated rings. The predicted molar refractivity (Wildman–Crippen MR) is 208 cm³/mol. The van der Waals surface area contributed by atoms with Crippen molar-refractivity contribution in [3.05, 3.63) is 143 Å². The maximum Gasteiger partial charge on any atom is 0.114 e. The Balaban J connectivity index is 1.51. The van der Waals surface area contributed by atoms with Crippen molar-refractivity contribution >= 4 is 22.7 Å². The largest absolute Gasteiger partial charge is 0.510 e. The van der Waals surface area contributed by atoms with E-state index < -0.39 is 0 Å². The summed E-state index contributed by atoms with van der Waals surface area (Å²) >= 11 is 0. The van der Waals surface area contributed by atoms with Crippen LogP contribution in [0.25, 0.3) is 0 Å². The Labute approximate surface area is 294 Å². The Hall–Kier alpha value is -4.88. The molecule has 260 valence electrons. The fraction of sp³-hybridized carbons (Fsp3) is 0.333. The van der Waals surface area contributed by atoms with E-state index >= 15 is 0 Å². The summed E-state index contributed by atoms with van der Waals surface area (Å²) in [4.78, 5) is 8.52. The zero-order chi connectivity index (χ0) is 35.5. The van der Waals surface area contributed by atoms with Gasteiger partial charge in [-0.25, -0.2) is 0 Å². The minimum absolute atomic E-state index is 0.00558. The van der Waals surface area contributed by atoms with Crippen molar-refractivity contribution < 1.29 is 14.9 Å². The van der Waals surface area contributed by atoms with Crippen molar-refractivity contribution in [2.24, 2.45) is 0 Å². The number of benzene rings is 4. The number of anilines is 4. The predicted octanol–water partition coefficient (Wildman–Crippen LogP) is 8.60. The molecular formula is C42H54N4O3. The number of hydrogen-bond acceptors (Lipinski definition) is 7. The molecule has 7 nitrogen and oxygen atoms in total. The van der Waals surface area contributed by atoms with Crippen molar-refractivity contribution in [3.63, 3.8) is 0 Å². The van der Waals surface area contributed by atoms with Gasteiger partial charge in [0.05, 0.1) is 0 Å². The average molecular weight is 663 g/mol. The number of aliphatic hydroxyl groups is 2. The van der Waals surface area contributed by atoms with Crippen molar-refractivity contribution in [1.29, 1.82) is 0 Å². The minimum atomic E-state index is 0.00558. The second-order valence-electron chi connectivity index (χ2n) is 13.3. The van der Waals surface area contributed by atoms with Gasteiger partial charge in [-0.2, -0.15) is 0 Å². The molecule has 4 aromatic rings. The fourth-order valence-electron chi connectivity index (χ4n) is 6.49. The Bertz CT molecular complexity index is 1480. The zero-order valence-electron chi connectivity index (χ0n) is 30.5. The molecule has 49 heavy (non-hydrogen) atoms. The van der Waals surface area contributed by atoms with Gasteiger partial charge in [0.15, 0.2) is 0 Å². The lowest BCUT2D eigenvalue weighted by Crippen LogP contribution is -2.17. The number of nitrogens with zero attached hydrogens (tertiary/aromatic N) is 4. The average Bonchev–Trinajstić information content (AvgIpc) is 3.09. The van der Waals surface area contributed by atoms with E-state index in [1.54, 1.807) is 0 Å². The summed E-state index contributed by atoms with van der Waals surface area (Å²) < 4.78 is 5.82. The highest BCUT2D eigenvalue weighted by molar-refractivity contribution is 5.63. The van der Waals surface area contributed by atoms with Crippen LogP contribution < -0.4 is 19.6 Å². The molecule has 0 spiro atoms. The molecule has 0 aliphatic carbocycles. The van der Waals surface area contributed by atoms with Crippen LogP contribution in [-0.2, 0) is 4.74 Å². The standard InChI is InChI=1S/C42H54N4O3/c1-43(2)39-21-13-9-17-35(39)33(36-18-10-14-22-40(36)44(3)4)27-25-31(47)29-49-30-32(48)26-28-34(37-19-11-15-23-41(37)45(5)6)38-20-12-16-24-42(38)46(7)8/h9-26,33-34,47-48H,27-30H2,1-8H3. The molecule has 0 atom stereocenters. The second kappa shape index (κ2) is 17.5.